The highest BCUT2D eigenvalue weighted by Gasteiger charge is 2.17. The van der Waals surface area contributed by atoms with E-state index in [4.69, 9.17) is 9.72 Å². The van der Waals surface area contributed by atoms with Crippen LogP contribution in [0.25, 0.3) is 33.3 Å². The molecule has 0 bridgehead atoms. The van der Waals surface area contributed by atoms with Crippen LogP contribution in [-0.4, -0.2) is 29.2 Å². The quantitative estimate of drug-likeness (QED) is 0.347. The van der Waals surface area contributed by atoms with E-state index in [2.05, 4.69) is 24.6 Å². The minimum atomic E-state index is -1.16. The van der Waals surface area contributed by atoms with E-state index in [0.29, 0.717) is 13.3 Å². The summed E-state index contributed by atoms with van der Waals surface area (Å²) in [6, 6.07) is 13.9. The average Bonchev–Trinajstić information content (AvgIpc) is 3.22. The molecule has 0 atom stereocenters. The van der Waals surface area contributed by atoms with Crippen molar-refractivity contribution in [2.45, 2.75) is 32.4 Å². The summed E-state index contributed by atoms with van der Waals surface area (Å²) in [5.41, 5.74) is 3.59. The predicted octanol–water partition coefficient (Wildman–Crippen LogP) is 5.64. The largest absolute Gasteiger partial charge is 0.361 e. The number of H-pyrrole nitrogens is 1. The van der Waals surface area contributed by atoms with Crippen molar-refractivity contribution in [1.29, 1.82) is 0 Å². The Balaban J connectivity index is 1.77. The first-order valence-electron chi connectivity index (χ1n) is 9.22. The number of benzene rings is 2. The number of nitrogens with zero attached hydrogens (tertiary/aromatic N) is 2. The second-order valence-electron chi connectivity index (χ2n) is 8.09. The van der Waals surface area contributed by atoms with Crippen LogP contribution in [0.5, 0.6) is 0 Å². The van der Waals surface area contributed by atoms with E-state index in [9.17, 15) is 4.39 Å². The zero-order valence-electron chi connectivity index (χ0n) is 15.9. The number of fused-ring (bicyclic) bond motifs is 2. The number of aromatic amines is 1. The summed E-state index contributed by atoms with van der Waals surface area (Å²) < 4.78 is 21.9. The Morgan fingerprint density at radius 3 is 2.81 bits per heavy atom. The molecule has 2 aromatic heterocycles. The fraction of sp³-hybridized carbons (Fsp3) is 0.286. The van der Waals surface area contributed by atoms with Crippen molar-refractivity contribution in [2.75, 3.05) is 6.61 Å². The lowest BCUT2D eigenvalue weighted by Gasteiger charge is -2.16. The zero-order chi connectivity index (χ0) is 19.0. The topological polar surface area (TPSA) is 42.8 Å². The van der Waals surface area contributed by atoms with Crippen LogP contribution in [0.4, 0.5) is 4.39 Å². The van der Waals surface area contributed by atoms with Crippen molar-refractivity contribution in [1.82, 2.24) is 14.5 Å². The summed E-state index contributed by atoms with van der Waals surface area (Å²) in [6.45, 7) is 8.06. The number of nitrogens with one attached hydrogen (secondary N) is 1. The molecule has 0 aliphatic carbocycles. The van der Waals surface area contributed by atoms with E-state index in [1.165, 1.54) is 12.1 Å². The van der Waals surface area contributed by atoms with Crippen LogP contribution in [0.15, 0.2) is 48.7 Å². The smallest absolute Gasteiger partial charge is 0.143 e. The molecule has 0 radical (unpaired) electrons. The Labute approximate surface area is 159 Å². The number of ether oxygens (including phenoxy) is 1. The number of halogens is 1. The summed E-state index contributed by atoms with van der Waals surface area (Å²) in [6.07, 6.45) is 1.92. The van der Waals surface area contributed by atoms with E-state index in [0.717, 1.165) is 39.4 Å². The molecular formula is C21H24FN3OSi. The molecule has 2 aromatic carbocycles. The number of hydrogen-bond donors (Lipinski definition) is 1. The molecule has 140 valence electrons. The molecular weight excluding hydrogens is 357 g/mol. The number of hydrogen-bond acceptors (Lipinski definition) is 2. The van der Waals surface area contributed by atoms with E-state index in [1.54, 1.807) is 6.07 Å². The normalized spacial score (nSPS) is 12.3. The summed E-state index contributed by atoms with van der Waals surface area (Å²) in [7, 11) is -1.16. The van der Waals surface area contributed by atoms with Gasteiger partial charge >= 0.3 is 0 Å². The molecule has 0 saturated carbocycles. The zero-order valence-corrected chi connectivity index (χ0v) is 16.9. The molecule has 1 N–H and O–H groups in total. The fourth-order valence-corrected chi connectivity index (χ4v) is 4.00. The van der Waals surface area contributed by atoms with Gasteiger partial charge in [0.25, 0.3) is 0 Å². The molecule has 4 rings (SSSR count). The Bertz CT molecular complexity index is 1090. The summed E-state index contributed by atoms with van der Waals surface area (Å²) >= 11 is 0. The molecule has 0 unspecified atom stereocenters. The summed E-state index contributed by atoms with van der Waals surface area (Å²) in [4.78, 5) is 8.03. The maximum Gasteiger partial charge on any atom is 0.143 e. The van der Waals surface area contributed by atoms with Crippen molar-refractivity contribution in [3.8, 4) is 11.4 Å². The van der Waals surface area contributed by atoms with Gasteiger partial charge in [-0.15, -0.1) is 0 Å². The highest BCUT2D eigenvalue weighted by atomic mass is 28.3. The first-order chi connectivity index (χ1) is 12.9. The monoisotopic (exact) mass is 381 g/mol. The van der Waals surface area contributed by atoms with Gasteiger partial charge in [0.2, 0.25) is 0 Å². The first kappa shape index (κ1) is 17.9. The molecule has 0 aliphatic rings. The van der Waals surface area contributed by atoms with E-state index in [-0.39, 0.29) is 5.82 Å². The third-order valence-corrected chi connectivity index (χ3v) is 6.47. The van der Waals surface area contributed by atoms with Crippen LogP contribution >= 0.6 is 0 Å². The molecule has 0 fully saturated rings. The van der Waals surface area contributed by atoms with Crippen LogP contribution in [0.1, 0.15) is 0 Å². The van der Waals surface area contributed by atoms with Crippen LogP contribution in [0, 0.1) is 5.82 Å². The van der Waals surface area contributed by atoms with Crippen molar-refractivity contribution in [3.05, 3.63) is 54.5 Å². The molecule has 0 amide bonds. The molecule has 4 nitrogen and oxygen atoms in total. The van der Waals surface area contributed by atoms with Crippen LogP contribution in [-0.2, 0) is 11.5 Å². The Morgan fingerprint density at radius 2 is 2.00 bits per heavy atom. The second-order valence-corrected chi connectivity index (χ2v) is 13.7. The van der Waals surface area contributed by atoms with E-state index < -0.39 is 8.07 Å². The van der Waals surface area contributed by atoms with Gasteiger partial charge in [0, 0.05) is 37.3 Å². The van der Waals surface area contributed by atoms with Crippen molar-refractivity contribution < 1.29 is 9.13 Å². The molecule has 0 spiro atoms. The fourth-order valence-electron chi connectivity index (χ4n) is 3.25. The van der Waals surface area contributed by atoms with E-state index >= 15 is 0 Å². The van der Waals surface area contributed by atoms with Crippen LogP contribution in [0.2, 0.25) is 25.7 Å². The van der Waals surface area contributed by atoms with Gasteiger partial charge in [0.1, 0.15) is 18.4 Å². The SMILES string of the molecule is C[Si](C)(C)CCOCn1c(-c2cccc3[nH]ccc23)nc2ccc(F)cc21. The van der Waals surface area contributed by atoms with Gasteiger partial charge < -0.3 is 9.72 Å². The number of imidazole rings is 1. The maximum absolute atomic E-state index is 13.9. The van der Waals surface area contributed by atoms with E-state index in [1.807, 2.05) is 35.0 Å². The third-order valence-electron chi connectivity index (χ3n) is 4.76. The number of aromatic nitrogens is 3. The van der Waals surface area contributed by atoms with Crippen LogP contribution in [0.3, 0.4) is 0 Å². The molecule has 4 aromatic rings. The molecule has 27 heavy (non-hydrogen) atoms. The van der Waals surface area contributed by atoms with Gasteiger partial charge in [0.15, 0.2) is 0 Å². The number of rotatable bonds is 6. The molecule has 6 heteroatoms. The van der Waals surface area contributed by atoms with Gasteiger partial charge in [-0.2, -0.15) is 0 Å². The van der Waals surface area contributed by atoms with Gasteiger partial charge in [-0.3, -0.25) is 4.57 Å². The lowest BCUT2D eigenvalue weighted by molar-refractivity contribution is 0.0909. The third kappa shape index (κ3) is 3.68. The van der Waals surface area contributed by atoms with Crippen molar-refractivity contribution >= 4 is 30.0 Å². The maximum atomic E-state index is 13.9. The van der Waals surface area contributed by atoms with Gasteiger partial charge in [0.05, 0.1) is 11.0 Å². The lowest BCUT2D eigenvalue weighted by Crippen LogP contribution is -2.22. The Kier molecular flexibility index (Phi) is 4.61. The first-order valence-corrected chi connectivity index (χ1v) is 12.9. The molecule has 0 aliphatic heterocycles. The lowest BCUT2D eigenvalue weighted by atomic mass is 10.1. The standard InChI is InChI=1S/C21H24FN3OSi/c1-27(2,3)12-11-26-14-25-20-13-15(22)7-8-19(20)24-21(25)17-5-4-6-18-16(17)9-10-23-18/h4-10,13,23H,11-12,14H2,1-3H3. The van der Waals surface area contributed by atoms with Crippen molar-refractivity contribution in [3.63, 3.8) is 0 Å². The second kappa shape index (κ2) is 6.94. The highest BCUT2D eigenvalue weighted by molar-refractivity contribution is 6.76. The Morgan fingerprint density at radius 1 is 1.15 bits per heavy atom. The molecule has 2 heterocycles. The summed E-state index contributed by atoms with van der Waals surface area (Å²) in [5.74, 6) is 0.533. The van der Waals surface area contributed by atoms with Gasteiger partial charge in [-0.25, -0.2) is 9.37 Å². The van der Waals surface area contributed by atoms with Gasteiger partial charge in [-0.05, 0) is 36.4 Å². The van der Waals surface area contributed by atoms with Crippen molar-refractivity contribution in [2.24, 2.45) is 0 Å². The molecule has 0 saturated heterocycles. The van der Waals surface area contributed by atoms with Gasteiger partial charge in [-0.1, -0.05) is 31.8 Å². The minimum Gasteiger partial charge on any atom is -0.361 e. The Hall–Kier alpha value is -2.44. The predicted molar refractivity (Wildman–Crippen MR) is 111 cm³/mol. The van der Waals surface area contributed by atoms with Crippen LogP contribution < -0.4 is 0 Å². The summed E-state index contributed by atoms with van der Waals surface area (Å²) in [5, 5.41) is 1.09. The average molecular weight is 382 g/mol. The highest BCUT2D eigenvalue weighted by Crippen LogP contribution is 2.31. The minimum absolute atomic E-state index is 0.267.